The van der Waals surface area contributed by atoms with E-state index in [4.69, 9.17) is 4.74 Å². The van der Waals surface area contributed by atoms with E-state index in [9.17, 15) is 14.7 Å². The van der Waals surface area contributed by atoms with Crippen LogP contribution in [0.2, 0.25) is 0 Å². The highest BCUT2D eigenvalue weighted by atomic mass is 16.5. The van der Waals surface area contributed by atoms with Crippen LogP contribution in [0, 0.1) is 18.3 Å². The number of carboxylic acid groups (broad SMARTS) is 1. The van der Waals surface area contributed by atoms with Crippen molar-refractivity contribution in [3.8, 4) is 0 Å². The molecule has 1 aliphatic carbocycles. The number of amides is 1. The van der Waals surface area contributed by atoms with Crippen molar-refractivity contribution in [2.75, 3.05) is 20.3 Å². The molecular weight excluding hydrogens is 318 g/mol. The maximum Gasteiger partial charge on any atom is 0.308 e. The van der Waals surface area contributed by atoms with Gasteiger partial charge in [0.2, 0.25) is 5.91 Å². The van der Waals surface area contributed by atoms with Gasteiger partial charge in [0.1, 0.15) is 0 Å². The number of benzene rings is 1. The van der Waals surface area contributed by atoms with E-state index >= 15 is 0 Å². The van der Waals surface area contributed by atoms with Gasteiger partial charge in [-0.3, -0.25) is 9.59 Å². The van der Waals surface area contributed by atoms with Crippen LogP contribution in [0.25, 0.3) is 0 Å². The molecule has 1 unspecified atom stereocenters. The molecule has 0 radical (unpaired) electrons. The van der Waals surface area contributed by atoms with Crippen molar-refractivity contribution in [1.82, 2.24) is 5.32 Å². The minimum absolute atomic E-state index is 0.0162. The fourth-order valence-corrected chi connectivity index (χ4v) is 3.71. The van der Waals surface area contributed by atoms with Crippen molar-refractivity contribution in [2.45, 2.75) is 45.4 Å². The monoisotopic (exact) mass is 347 g/mol. The predicted molar refractivity (Wildman–Crippen MR) is 96.4 cm³/mol. The molecule has 0 bridgehead atoms. The van der Waals surface area contributed by atoms with Crippen molar-refractivity contribution < 1.29 is 19.4 Å². The van der Waals surface area contributed by atoms with Gasteiger partial charge in [0, 0.05) is 20.3 Å². The number of nitrogens with one attached hydrogen (secondary N) is 1. The van der Waals surface area contributed by atoms with Crippen LogP contribution in [0.4, 0.5) is 0 Å². The summed E-state index contributed by atoms with van der Waals surface area (Å²) in [4.78, 5) is 24.4. The van der Waals surface area contributed by atoms with Gasteiger partial charge in [-0.1, -0.05) is 42.7 Å². The van der Waals surface area contributed by atoms with Gasteiger partial charge in [-0.15, -0.1) is 0 Å². The first-order valence-corrected chi connectivity index (χ1v) is 9.02. The second-order valence-corrected chi connectivity index (χ2v) is 7.17. The van der Waals surface area contributed by atoms with Crippen LogP contribution in [0.5, 0.6) is 0 Å². The van der Waals surface area contributed by atoms with Crippen LogP contribution >= 0.6 is 0 Å². The van der Waals surface area contributed by atoms with E-state index in [0.29, 0.717) is 19.4 Å². The highest BCUT2D eigenvalue weighted by molar-refractivity contribution is 5.83. The van der Waals surface area contributed by atoms with Crippen LogP contribution < -0.4 is 5.32 Å². The topological polar surface area (TPSA) is 75.6 Å². The van der Waals surface area contributed by atoms with E-state index in [-0.39, 0.29) is 17.9 Å². The Kier molecular flexibility index (Phi) is 7.00. The molecule has 0 aliphatic heterocycles. The minimum Gasteiger partial charge on any atom is -0.481 e. The van der Waals surface area contributed by atoms with Gasteiger partial charge < -0.3 is 15.2 Å². The van der Waals surface area contributed by atoms with Crippen LogP contribution in [0.1, 0.15) is 43.2 Å². The van der Waals surface area contributed by atoms with Crippen LogP contribution in [0.15, 0.2) is 24.3 Å². The standard InChI is InChI=1S/C20H29NO4/c1-15-6-5-7-16(12-15)13-17(18(22)23)14-21-19(24)20(10-11-25-2)8-3-4-9-20/h5-7,12,17H,3-4,8-11,13-14H2,1-2H3,(H,21,24)(H,22,23). The number of methoxy groups -OCH3 is 1. The zero-order valence-corrected chi connectivity index (χ0v) is 15.2. The maximum atomic E-state index is 12.7. The molecular formula is C20H29NO4. The lowest BCUT2D eigenvalue weighted by Gasteiger charge is -2.28. The lowest BCUT2D eigenvalue weighted by molar-refractivity contribution is -0.142. The number of carboxylic acids is 1. The number of aliphatic carboxylic acids is 1. The first-order valence-electron chi connectivity index (χ1n) is 9.02. The molecule has 2 N–H and O–H groups in total. The molecule has 25 heavy (non-hydrogen) atoms. The summed E-state index contributed by atoms with van der Waals surface area (Å²) in [6, 6.07) is 7.84. The first kappa shape index (κ1) is 19.4. The molecule has 0 spiro atoms. The Balaban J connectivity index is 1.97. The lowest BCUT2D eigenvalue weighted by Crippen LogP contribution is -2.43. The first-order chi connectivity index (χ1) is 12.0. The fourth-order valence-electron chi connectivity index (χ4n) is 3.71. The molecule has 5 heteroatoms. The number of carbonyl (C=O) groups is 2. The van der Waals surface area contributed by atoms with Gasteiger partial charge in [0.05, 0.1) is 11.3 Å². The summed E-state index contributed by atoms with van der Waals surface area (Å²) in [6.45, 7) is 2.70. The Labute approximate surface area is 149 Å². The number of carbonyl (C=O) groups excluding carboxylic acids is 1. The van der Waals surface area contributed by atoms with Gasteiger partial charge >= 0.3 is 5.97 Å². The quantitative estimate of drug-likeness (QED) is 0.720. The number of ether oxygens (including phenoxy) is 1. The normalized spacial score (nSPS) is 17.2. The van der Waals surface area contributed by atoms with Crippen LogP contribution in [-0.2, 0) is 20.7 Å². The predicted octanol–water partition coefficient (Wildman–Crippen LogP) is 2.95. The molecule has 0 saturated heterocycles. The second kappa shape index (κ2) is 8.99. The molecule has 1 fully saturated rings. The number of aryl methyl sites for hydroxylation is 1. The Morgan fingerprint density at radius 2 is 2.04 bits per heavy atom. The van der Waals surface area contributed by atoms with E-state index in [0.717, 1.165) is 36.8 Å². The summed E-state index contributed by atoms with van der Waals surface area (Å²) in [5.41, 5.74) is 1.70. The molecule has 0 heterocycles. The average molecular weight is 347 g/mol. The Morgan fingerprint density at radius 3 is 2.64 bits per heavy atom. The summed E-state index contributed by atoms with van der Waals surface area (Å²) in [5, 5.41) is 12.4. The van der Waals surface area contributed by atoms with Crippen molar-refractivity contribution >= 4 is 11.9 Å². The highest BCUT2D eigenvalue weighted by Crippen LogP contribution is 2.41. The summed E-state index contributed by atoms with van der Waals surface area (Å²) in [6.07, 6.45) is 4.93. The molecule has 5 nitrogen and oxygen atoms in total. The average Bonchev–Trinajstić information content (AvgIpc) is 3.06. The maximum absolute atomic E-state index is 12.7. The summed E-state index contributed by atoms with van der Waals surface area (Å²) >= 11 is 0. The SMILES string of the molecule is COCCC1(C(=O)NCC(Cc2cccc(C)c2)C(=O)O)CCCC1. The third kappa shape index (κ3) is 5.30. The summed E-state index contributed by atoms with van der Waals surface area (Å²) in [5.74, 6) is -1.51. The number of hydrogen-bond acceptors (Lipinski definition) is 3. The molecule has 1 saturated carbocycles. The summed E-state index contributed by atoms with van der Waals surface area (Å²) < 4.78 is 5.16. The van der Waals surface area contributed by atoms with E-state index in [2.05, 4.69) is 5.32 Å². The van der Waals surface area contributed by atoms with Crippen LogP contribution in [0.3, 0.4) is 0 Å². The highest BCUT2D eigenvalue weighted by Gasteiger charge is 2.40. The van der Waals surface area contributed by atoms with Crippen LogP contribution in [-0.4, -0.2) is 37.2 Å². The molecule has 1 aromatic carbocycles. The largest absolute Gasteiger partial charge is 0.481 e. The summed E-state index contributed by atoms with van der Waals surface area (Å²) in [7, 11) is 1.64. The van der Waals surface area contributed by atoms with E-state index in [1.165, 1.54) is 0 Å². The van der Waals surface area contributed by atoms with Gasteiger partial charge in [-0.2, -0.15) is 0 Å². The van der Waals surface area contributed by atoms with E-state index in [1.54, 1.807) is 7.11 Å². The molecule has 1 atom stereocenters. The minimum atomic E-state index is -0.876. The second-order valence-electron chi connectivity index (χ2n) is 7.17. The van der Waals surface area contributed by atoms with Crippen molar-refractivity contribution in [1.29, 1.82) is 0 Å². The third-order valence-electron chi connectivity index (χ3n) is 5.25. The Morgan fingerprint density at radius 1 is 1.32 bits per heavy atom. The molecule has 0 aromatic heterocycles. The smallest absolute Gasteiger partial charge is 0.308 e. The molecule has 1 aliphatic rings. The van der Waals surface area contributed by atoms with Gasteiger partial charge in [0.25, 0.3) is 0 Å². The Bertz CT molecular complexity index is 593. The van der Waals surface area contributed by atoms with Crippen molar-refractivity contribution in [3.63, 3.8) is 0 Å². The van der Waals surface area contributed by atoms with E-state index < -0.39 is 11.9 Å². The van der Waals surface area contributed by atoms with Gasteiger partial charge in [0.15, 0.2) is 0 Å². The van der Waals surface area contributed by atoms with E-state index in [1.807, 2.05) is 31.2 Å². The third-order valence-corrected chi connectivity index (χ3v) is 5.25. The zero-order valence-electron chi connectivity index (χ0n) is 15.2. The van der Waals surface area contributed by atoms with Gasteiger partial charge in [-0.25, -0.2) is 0 Å². The molecule has 138 valence electrons. The molecule has 2 rings (SSSR count). The van der Waals surface area contributed by atoms with Gasteiger partial charge in [-0.05, 0) is 38.2 Å². The van der Waals surface area contributed by atoms with Crippen molar-refractivity contribution in [2.24, 2.45) is 11.3 Å². The number of hydrogen-bond donors (Lipinski definition) is 2. The Hall–Kier alpha value is -1.88. The fraction of sp³-hybridized carbons (Fsp3) is 0.600. The zero-order chi connectivity index (χ0) is 18.3. The number of rotatable bonds is 9. The molecule has 1 aromatic rings. The lowest BCUT2D eigenvalue weighted by atomic mass is 9.81. The van der Waals surface area contributed by atoms with Crippen molar-refractivity contribution in [3.05, 3.63) is 35.4 Å². The molecule has 1 amide bonds.